The minimum absolute atomic E-state index is 0.702. The molecule has 0 saturated carbocycles. The van der Waals surface area contributed by atoms with E-state index in [1.54, 1.807) is 12.4 Å². The maximum Gasteiger partial charge on any atom is 0.0950 e. The van der Waals surface area contributed by atoms with Crippen molar-refractivity contribution in [1.29, 1.82) is 0 Å². The average Bonchev–Trinajstić information content (AvgIpc) is 2.75. The van der Waals surface area contributed by atoms with Crippen LogP contribution in [0.4, 0.5) is 0 Å². The predicted molar refractivity (Wildman–Crippen MR) is 59.1 cm³/mol. The van der Waals surface area contributed by atoms with Crippen molar-refractivity contribution in [1.82, 2.24) is 14.5 Å². The highest BCUT2D eigenvalue weighted by Crippen LogP contribution is 2.17. The van der Waals surface area contributed by atoms with E-state index in [-0.39, 0.29) is 0 Å². The lowest BCUT2D eigenvalue weighted by molar-refractivity contribution is 0.655. The van der Waals surface area contributed by atoms with Gasteiger partial charge in [-0.3, -0.25) is 4.98 Å². The Labute approximate surface area is 88.8 Å². The van der Waals surface area contributed by atoms with Crippen LogP contribution < -0.4 is 5.73 Å². The van der Waals surface area contributed by atoms with E-state index in [2.05, 4.69) is 14.5 Å². The number of imidazole rings is 1. The van der Waals surface area contributed by atoms with Gasteiger partial charge in [0, 0.05) is 24.5 Å². The Morgan fingerprint density at radius 1 is 1.20 bits per heavy atom. The molecule has 0 unspecified atom stereocenters. The highest BCUT2D eigenvalue weighted by Gasteiger charge is 2.03. The molecule has 2 heterocycles. The van der Waals surface area contributed by atoms with Gasteiger partial charge >= 0.3 is 0 Å². The molecule has 0 fully saturated rings. The standard InChI is InChI=1S/C11H14N4/c12-4-1-7-15-9-14-8-11(15)10-2-5-13-6-3-10/h2-3,5-6,8-9H,1,4,7,12H2. The molecule has 4 heteroatoms. The van der Waals surface area contributed by atoms with Crippen molar-refractivity contribution in [3.8, 4) is 11.3 Å². The summed E-state index contributed by atoms with van der Waals surface area (Å²) >= 11 is 0. The van der Waals surface area contributed by atoms with Crippen molar-refractivity contribution in [3.63, 3.8) is 0 Å². The summed E-state index contributed by atoms with van der Waals surface area (Å²) in [6.45, 7) is 1.61. The van der Waals surface area contributed by atoms with Crippen LogP contribution in [-0.4, -0.2) is 21.1 Å². The van der Waals surface area contributed by atoms with Crippen molar-refractivity contribution >= 4 is 0 Å². The number of nitrogens with zero attached hydrogens (tertiary/aromatic N) is 3. The van der Waals surface area contributed by atoms with E-state index in [4.69, 9.17) is 5.73 Å². The molecule has 0 aliphatic rings. The summed E-state index contributed by atoms with van der Waals surface area (Å²) < 4.78 is 2.11. The lowest BCUT2D eigenvalue weighted by Crippen LogP contribution is -2.05. The number of hydrogen-bond acceptors (Lipinski definition) is 3. The smallest absolute Gasteiger partial charge is 0.0950 e. The predicted octanol–water partition coefficient (Wildman–Crippen LogP) is 1.29. The fourth-order valence-electron chi connectivity index (χ4n) is 1.52. The summed E-state index contributed by atoms with van der Waals surface area (Å²) in [7, 11) is 0. The Kier molecular flexibility index (Phi) is 3.09. The van der Waals surface area contributed by atoms with Gasteiger partial charge in [0.15, 0.2) is 0 Å². The van der Waals surface area contributed by atoms with E-state index in [9.17, 15) is 0 Å². The molecule has 4 nitrogen and oxygen atoms in total. The summed E-state index contributed by atoms with van der Waals surface area (Å²) in [5.74, 6) is 0. The second-order valence-electron chi connectivity index (χ2n) is 3.35. The molecule has 0 aliphatic heterocycles. The molecule has 2 N–H and O–H groups in total. The van der Waals surface area contributed by atoms with Crippen LogP contribution in [0.5, 0.6) is 0 Å². The van der Waals surface area contributed by atoms with Gasteiger partial charge in [0.1, 0.15) is 0 Å². The highest BCUT2D eigenvalue weighted by molar-refractivity contribution is 5.57. The van der Waals surface area contributed by atoms with Crippen LogP contribution in [0, 0.1) is 0 Å². The maximum absolute atomic E-state index is 5.49. The number of aromatic nitrogens is 3. The Bertz CT molecular complexity index is 408. The zero-order valence-corrected chi connectivity index (χ0v) is 8.50. The maximum atomic E-state index is 5.49. The lowest BCUT2D eigenvalue weighted by atomic mass is 10.2. The van der Waals surface area contributed by atoms with Crippen molar-refractivity contribution in [2.45, 2.75) is 13.0 Å². The molecule has 0 spiro atoms. The van der Waals surface area contributed by atoms with Gasteiger partial charge in [-0.2, -0.15) is 0 Å². The molecule has 0 amide bonds. The van der Waals surface area contributed by atoms with Crippen LogP contribution in [0.3, 0.4) is 0 Å². The van der Waals surface area contributed by atoms with E-state index < -0.39 is 0 Å². The van der Waals surface area contributed by atoms with Gasteiger partial charge in [-0.25, -0.2) is 4.98 Å². The van der Waals surface area contributed by atoms with Gasteiger partial charge in [-0.15, -0.1) is 0 Å². The summed E-state index contributed by atoms with van der Waals surface area (Å²) in [6, 6.07) is 3.96. The first-order chi connectivity index (χ1) is 7.42. The SMILES string of the molecule is NCCCn1cncc1-c1ccncc1. The van der Waals surface area contributed by atoms with E-state index in [0.29, 0.717) is 6.54 Å². The molecule has 0 aliphatic carbocycles. The molecule has 0 bridgehead atoms. The molecule has 2 rings (SSSR count). The van der Waals surface area contributed by atoms with Crippen LogP contribution in [0.2, 0.25) is 0 Å². The third kappa shape index (κ3) is 2.22. The third-order valence-electron chi connectivity index (χ3n) is 2.29. The Balaban J connectivity index is 2.25. The fraction of sp³-hybridized carbons (Fsp3) is 0.273. The quantitative estimate of drug-likeness (QED) is 0.812. The molecule has 0 atom stereocenters. The third-order valence-corrected chi connectivity index (χ3v) is 2.29. The zero-order chi connectivity index (χ0) is 10.5. The Morgan fingerprint density at radius 3 is 2.73 bits per heavy atom. The molecule has 2 aromatic heterocycles. The molecule has 2 aromatic rings. The second kappa shape index (κ2) is 4.70. The first kappa shape index (κ1) is 9.86. The van der Waals surface area contributed by atoms with Gasteiger partial charge in [-0.05, 0) is 25.1 Å². The van der Waals surface area contributed by atoms with Crippen molar-refractivity contribution in [3.05, 3.63) is 37.1 Å². The zero-order valence-electron chi connectivity index (χ0n) is 8.50. The summed E-state index contributed by atoms with van der Waals surface area (Å²) in [6.07, 6.45) is 8.25. The van der Waals surface area contributed by atoms with Crippen LogP contribution in [-0.2, 0) is 6.54 Å². The van der Waals surface area contributed by atoms with Gasteiger partial charge in [-0.1, -0.05) is 0 Å². The summed E-state index contributed by atoms with van der Waals surface area (Å²) in [5, 5.41) is 0. The normalized spacial score (nSPS) is 10.5. The number of rotatable bonds is 4. The van der Waals surface area contributed by atoms with E-state index in [0.717, 1.165) is 24.2 Å². The molecule has 0 saturated heterocycles. The summed E-state index contributed by atoms with van der Waals surface area (Å²) in [5.41, 5.74) is 7.75. The molecule has 0 radical (unpaired) electrons. The van der Waals surface area contributed by atoms with Gasteiger partial charge < -0.3 is 10.3 Å². The average molecular weight is 202 g/mol. The number of hydrogen-bond donors (Lipinski definition) is 1. The second-order valence-corrected chi connectivity index (χ2v) is 3.35. The minimum atomic E-state index is 0.702. The Morgan fingerprint density at radius 2 is 2.00 bits per heavy atom. The van der Waals surface area contributed by atoms with Crippen LogP contribution in [0.25, 0.3) is 11.3 Å². The summed E-state index contributed by atoms with van der Waals surface area (Å²) in [4.78, 5) is 8.15. The number of aryl methyl sites for hydroxylation is 1. The Hall–Kier alpha value is -1.68. The lowest BCUT2D eigenvalue weighted by Gasteiger charge is -2.06. The van der Waals surface area contributed by atoms with Gasteiger partial charge in [0.25, 0.3) is 0 Å². The van der Waals surface area contributed by atoms with E-state index in [1.165, 1.54) is 0 Å². The molecule has 15 heavy (non-hydrogen) atoms. The van der Waals surface area contributed by atoms with Crippen LogP contribution >= 0.6 is 0 Å². The monoisotopic (exact) mass is 202 g/mol. The first-order valence-corrected chi connectivity index (χ1v) is 5.02. The van der Waals surface area contributed by atoms with E-state index >= 15 is 0 Å². The fourth-order valence-corrected chi connectivity index (χ4v) is 1.52. The van der Waals surface area contributed by atoms with Gasteiger partial charge in [0.2, 0.25) is 0 Å². The van der Waals surface area contributed by atoms with E-state index in [1.807, 2.05) is 24.7 Å². The van der Waals surface area contributed by atoms with Gasteiger partial charge in [0.05, 0.1) is 18.2 Å². The highest BCUT2D eigenvalue weighted by atomic mass is 15.0. The van der Waals surface area contributed by atoms with Crippen molar-refractivity contribution in [2.24, 2.45) is 5.73 Å². The van der Waals surface area contributed by atoms with Crippen molar-refractivity contribution < 1.29 is 0 Å². The molecular weight excluding hydrogens is 188 g/mol. The molecule has 78 valence electrons. The molecular formula is C11H14N4. The number of pyridine rings is 1. The largest absolute Gasteiger partial charge is 0.331 e. The van der Waals surface area contributed by atoms with Crippen LogP contribution in [0.1, 0.15) is 6.42 Å². The molecule has 0 aromatic carbocycles. The van der Waals surface area contributed by atoms with Crippen molar-refractivity contribution in [2.75, 3.05) is 6.54 Å². The minimum Gasteiger partial charge on any atom is -0.331 e. The first-order valence-electron chi connectivity index (χ1n) is 5.02. The van der Waals surface area contributed by atoms with Crippen LogP contribution in [0.15, 0.2) is 37.1 Å². The number of nitrogens with two attached hydrogens (primary N) is 1. The topological polar surface area (TPSA) is 56.7 Å².